The molecule has 2 atom stereocenters. The molecule has 0 aliphatic rings. The monoisotopic (exact) mass is 567 g/mol. The van der Waals surface area contributed by atoms with Gasteiger partial charge in [0.25, 0.3) is 0 Å². The molecule has 13 heteroatoms. The van der Waals surface area contributed by atoms with Crippen molar-refractivity contribution in [3.05, 3.63) is 53.6 Å². The number of hydrogen-bond acceptors (Lipinski definition) is 8. The summed E-state index contributed by atoms with van der Waals surface area (Å²) in [6.07, 6.45) is 0. The maximum absolute atomic E-state index is 14.2. The Bertz CT molecular complexity index is 1240. The van der Waals surface area contributed by atoms with E-state index in [9.17, 15) is 37.9 Å². The van der Waals surface area contributed by atoms with Crippen molar-refractivity contribution >= 4 is 51.5 Å². The van der Waals surface area contributed by atoms with Gasteiger partial charge in [0.05, 0.1) is 5.56 Å². The van der Waals surface area contributed by atoms with Crippen molar-refractivity contribution in [3.63, 3.8) is 0 Å². The smallest absolute Gasteiger partial charge is 0.245 e. The summed E-state index contributed by atoms with van der Waals surface area (Å²) in [6, 6.07) is 4.67. The Hall–Kier alpha value is -3.45. The molecule has 0 aromatic heterocycles. The molecule has 2 aromatic carbocycles. The summed E-state index contributed by atoms with van der Waals surface area (Å²) in [7, 11) is 3.00. The van der Waals surface area contributed by atoms with Crippen molar-refractivity contribution in [2.24, 2.45) is 0 Å². The van der Waals surface area contributed by atoms with Crippen LogP contribution in [0.15, 0.2) is 36.4 Å². The van der Waals surface area contributed by atoms with E-state index in [-0.39, 0.29) is 33.9 Å². The number of aromatic hydroxyl groups is 1. The molecule has 38 heavy (non-hydrogen) atoms. The zero-order valence-electron chi connectivity index (χ0n) is 21.0. The third-order valence-electron chi connectivity index (χ3n) is 5.01. The van der Waals surface area contributed by atoms with Gasteiger partial charge in [-0.25, -0.2) is 8.78 Å². The molecular weight excluding hydrogens is 540 g/mol. The zero-order chi connectivity index (χ0) is 28.6. The van der Waals surface area contributed by atoms with Crippen LogP contribution in [-0.2, 0) is 19.2 Å². The number of carbonyl (C=O) groups excluding carboxylic acids is 5. The van der Waals surface area contributed by atoms with E-state index in [0.717, 1.165) is 6.07 Å². The molecule has 0 bridgehead atoms. The lowest BCUT2D eigenvalue weighted by molar-refractivity contribution is -0.133. The minimum Gasteiger partial charge on any atom is -0.507 e. The fourth-order valence-corrected chi connectivity index (χ4v) is 5.12. The first-order valence-corrected chi connectivity index (χ1v) is 13.1. The summed E-state index contributed by atoms with van der Waals surface area (Å²) >= 11 is 1.36. The Kier molecular flexibility index (Phi) is 11.3. The molecule has 0 radical (unpaired) electrons. The summed E-state index contributed by atoms with van der Waals surface area (Å²) in [5, 5.41) is 13.9. The normalized spacial score (nSPS) is 12.3. The number of carbonyl (C=O) groups is 5. The Morgan fingerprint density at radius 3 is 2.08 bits per heavy atom. The third kappa shape index (κ3) is 8.84. The Labute approximate surface area is 226 Å². The van der Waals surface area contributed by atoms with E-state index in [1.54, 1.807) is 0 Å². The molecule has 2 unspecified atom stereocenters. The van der Waals surface area contributed by atoms with Gasteiger partial charge in [-0.1, -0.05) is 29.6 Å². The van der Waals surface area contributed by atoms with Gasteiger partial charge in [0.1, 0.15) is 29.5 Å². The average Bonchev–Trinajstić information content (AvgIpc) is 2.83. The Morgan fingerprint density at radius 2 is 1.50 bits per heavy atom. The van der Waals surface area contributed by atoms with Crippen LogP contribution < -0.4 is 10.6 Å². The molecule has 0 aliphatic carbocycles. The number of rotatable bonds is 10. The Morgan fingerprint density at radius 1 is 0.895 bits per heavy atom. The first-order chi connectivity index (χ1) is 17.8. The highest BCUT2D eigenvalue weighted by molar-refractivity contribution is 8.15. The van der Waals surface area contributed by atoms with Crippen LogP contribution in [0.3, 0.4) is 0 Å². The molecule has 204 valence electrons. The van der Waals surface area contributed by atoms with Gasteiger partial charge >= 0.3 is 0 Å². The molecule has 9 nitrogen and oxygen atoms in total. The number of amides is 3. The van der Waals surface area contributed by atoms with Crippen LogP contribution in [0.2, 0.25) is 0 Å². The molecule has 3 N–H and O–H groups in total. The van der Waals surface area contributed by atoms with Crippen molar-refractivity contribution in [3.8, 4) is 16.9 Å². The highest BCUT2D eigenvalue weighted by atomic mass is 32.2. The second kappa shape index (κ2) is 13.9. The highest BCUT2D eigenvalue weighted by Crippen LogP contribution is 2.31. The van der Waals surface area contributed by atoms with E-state index in [1.165, 1.54) is 57.1 Å². The zero-order valence-corrected chi connectivity index (χ0v) is 22.7. The van der Waals surface area contributed by atoms with Crippen molar-refractivity contribution in [1.82, 2.24) is 15.5 Å². The van der Waals surface area contributed by atoms with Gasteiger partial charge in [-0.3, -0.25) is 24.0 Å². The Balaban J connectivity index is 2.15. The number of hydrogen-bond donors (Lipinski definition) is 3. The van der Waals surface area contributed by atoms with Gasteiger partial charge in [-0.15, -0.1) is 0 Å². The molecule has 2 aromatic rings. The van der Waals surface area contributed by atoms with Gasteiger partial charge in [0.15, 0.2) is 0 Å². The number of thioether (sulfide) groups is 2. The fourth-order valence-electron chi connectivity index (χ4n) is 3.24. The number of halogens is 2. The number of likely N-dealkylation sites (N-methyl/N-ethyl adjacent to an activating group) is 1. The lowest BCUT2D eigenvalue weighted by Crippen LogP contribution is -2.48. The summed E-state index contributed by atoms with van der Waals surface area (Å²) in [4.78, 5) is 62.4. The van der Waals surface area contributed by atoms with Crippen molar-refractivity contribution in [2.75, 3.05) is 25.6 Å². The minimum absolute atomic E-state index is 0.0224. The number of phenolic OH excluding ortho intramolecular Hbond substituents is 1. The van der Waals surface area contributed by atoms with Gasteiger partial charge in [-0.05, 0) is 29.8 Å². The molecule has 0 spiro atoms. The van der Waals surface area contributed by atoms with E-state index < -0.39 is 51.7 Å². The van der Waals surface area contributed by atoms with E-state index >= 15 is 0 Å². The third-order valence-corrected chi connectivity index (χ3v) is 7.06. The van der Waals surface area contributed by atoms with Crippen LogP contribution >= 0.6 is 23.5 Å². The van der Waals surface area contributed by atoms with E-state index in [4.69, 9.17) is 0 Å². The second-order valence-corrected chi connectivity index (χ2v) is 10.3. The average molecular weight is 568 g/mol. The predicted octanol–water partition coefficient (Wildman–Crippen LogP) is 2.57. The van der Waals surface area contributed by atoms with Crippen molar-refractivity contribution < 1.29 is 37.9 Å². The van der Waals surface area contributed by atoms with Crippen LogP contribution in [0, 0.1) is 11.6 Å². The van der Waals surface area contributed by atoms with Gasteiger partial charge in [0.2, 0.25) is 28.0 Å². The van der Waals surface area contributed by atoms with E-state index in [1.807, 2.05) is 0 Å². The number of nitrogens with zero attached hydrogens (tertiary/aromatic N) is 1. The number of nitrogens with one attached hydrogen (secondary N) is 2. The van der Waals surface area contributed by atoms with Crippen molar-refractivity contribution in [1.29, 1.82) is 0 Å². The summed E-state index contributed by atoms with van der Waals surface area (Å²) in [6.45, 7) is 2.43. The number of benzene rings is 2. The van der Waals surface area contributed by atoms with Gasteiger partial charge < -0.3 is 20.6 Å². The van der Waals surface area contributed by atoms with E-state index in [2.05, 4.69) is 10.6 Å². The quantitative estimate of drug-likeness (QED) is 0.399. The molecule has 0 heterocycles. The van der Waals surface area contributed by atoms with Crippen LogP contribution in [0.5, 0.6) is 5.75 Å². The summed E-state index contributed by atoms with van der Waals surface area (Å²) in [5.41, 5.74) is 0.0817. The maximum atomic E-state index is 14.2. The minimum atomic E-state index is -1.13. The summed E-state index contributed by atoms with van der Waals surface area (Å²) in [5.74, 6) is -3.71. The lowest BCUT2D eigenvalue weighted by atomic mass is 10.0. The lowest BCUT2D eigenvalue weighted by Gasteiger charge is -2.22. The highest BCUT2D eigenvalue weighted by Gasteiger charge is 2.27. The van der Waals surface area contributed by atoms with E-state index in [0.29, 0.717) is 29.6 Å². The standard InChI is InChI=1S/C25H27F2N3O6S2/c1-13(31)28-20(23(34)30(3)4)11-38-25(36)21(29-14(2)32)12-37-24(35)18-9-15(5-8-22(18)33)17-7-6-16(26)10-19(17)27/h5-10,20-21,33H,11-12H2,1-4H3,(H,28,31)(H,29,32). The SMILES string of the molecule is CC(=O)NC(CSC(=O)c1cc(-c2ccc(F)cc2F)ccc1O)C(=O)SCC(NC(C)=O)C(=O)N(C)C. The fraction of sp³-hybridized carbons (Fsp3) is 0.320. The topological polar surface area (TPSA) is 133 Å². The molecule has 0 aliphatic heterocycles. The van der Waals surface area contributed by atoms with Crippen LogP contribution in [0.1, 0.15) is 24.2 Å². The molecule has 0 saturated heterocycles. The molecule has 0 fully saturated rings. The maximum Gasteiger partial charge on any atom is 0.245 e. The van der Waals surface area contributed by atoms with Crippen molar-refractivity contribution in [2.45, 2.75) is 25.9 Å². The first kappa shape index (κ1) is 30.8. The van der Waals surface area contributed by atoms with Crippen LogP contribution in [0.25, 0.3) is 11.1 Å². The van der Waals surface area contributed by atoms with Crippen LogP contribution in [-0.4, -0.2) is 75.6 Å². The molecule has 2 rings (SSSR count). The van der Waals surface area contributed by atoms with Crippen LogP contribution in [0.4, 0.5) is 8.78 Å². The molecule has 3 amide bonds. The largest absolute Gasteiger partial charge is 0.507 e. The molecule has 0 saturated carbocycles. The second-order valence-electron chi connectivity index (χ2n) is 8.32. The van der Waals surface area contributed by atoms with Gasteiger partial charge in [-0.2, -0.15) is 0 Å². The predicted molar refractivity (Wildman–Crippen MR) is 142 cm³/mol. The molecular formula is C25H27F2N3O6S2. The number of phenols is 1. The van der Waals surface area contributed by atoms with Gasteiger partial charge in [0, 0.05) is 51.1 Å². The summed E-state index contributed by atoms with van der Waals surface area (Å²) < 4.78 is 27.5. The first-order valence-electron chi connectivity index (χ1n) is 11.2.